The average molecular weight is 1380 g/mol. The molecular weight excluding hydrogens is 1300 g/mol. The zero-order valence-corrected chi connectivity index (χ0v) is 57.1. The summed E-state index contributed by atoms with van der Waals surface area (Å²) >= 11 is 1.68. The molecule has 0 amide bonds. The third-order valence-corrected chi connectivity index (χ3v) is 23.3. The lowest BCUT2D eigenvalue weighted by Crippen LogP contribution is -2.83. The van der Waals surface area contributed by atoms with Crippen molar-refractivity contribution in [2.75, 3.05) is 38.9 Å². The molecule has 28 heteroatoms. The Labute approximate surface area is 561 Å². The number of aliphatic hydroxyl groups is 1. The van der Waals surface area contributed by atoms with Crippen molar-refractivity contribution < 1.29 is 124 Å². The van der Waals surface area contributed by atoms with Gasteiger partial charge in [-0.15, -0.1) is 0 Å². The first-order valence-corrected chi connectivity index (χ1v) is 33.6. The number of Topliss-reactive ketones (excluding diaryl/α,β-unsaturated/α-hetero) is 3. The lowest BCUT2D eigenvalue weighted by Gasteiger charge is -2.67. The minimum Gasteiger partial charge on any atom is -0.454 e. The Morgan fingerprint density at radius 2 is 0.979 bits per heavy atom. The van der Waals surface area contributed by atoms with Gasteiger partial charge >= 0.3 is 46.8 Å². The van der Waals surface area contributed by atoms with Crippen LogP contribution in [0.1, 0.15) is 117 Å². The van der Waals surface area contributed by atoms with E-state index in [4.69, 9.17) is 66.3 Å². The number of hydrogen-bond acceptors (Lipinski definition) is 28. The largest absolute Gasteiger partial charge is 0.510 e. The van der Waals surface area contributed by atoms with E-state index >= 15 is 9.59 Å². The number of esters is 4. The van der Waals surface area contributed by atoms with Gasteiger partial charge in [-0.1, -0.05) is 77.9 Å². The summed E-state index contributed by atoms with van der Waals surface area (Å²) in [6.07, 6.45) is -17.1. The summed E-state index contributed by atoms with van der Waals surface area (Å²) < 4.78 is 84.6. The average Bonchev–Trinajstić information content (AvgIpc) is 1.04. The van der Waals surface area contributed by atoms with E-state index in [1.165, 1.54) is 59.3 Å². The maximum atomic E-state index is 15.4. The molecule has 8 fully saturated rings. The number of carbonyl (C=O) groups is 11. The van der Waals surface area contributed by atoms with Crippen molar-refractivity contribution in [3.05, 3.63) is 94.1 Å². The first-order valence-electron chi connectivity index (χ1n) is 31.6. The summed E-state index contributed by atoms with van der Waals surface area (Å²) in [4.78, 5) is 152. The molecule has 4 saturated heterocycles. The molecule has 4 bridgehead atoms. The van der Waals surface area contributed by atoms with Crippen molar-refractivity contribution in [3.63, 3.8) is 0 Å². The number of ketones is 3. The molecule has 2 spiro atoms. The SMILES string of the molecule is CCSC(=O)O[C@H]1C(=O)[C@]2(C)[C@@H](OC)C[C@H]3OC[C@@]3(OC(C)=O)[C@H]2[C@H](OC(=O)c2ccccc2)[C@]23OC(=O)O[C@H]2C(=O)C(C)=C1C3(C)C.CCSC(=O)O[C@H]1C(=O)[C@]2(C)[C@@H](OC)C[C@H]3OC[C@@]3(OC(C)=O)[C@H]2[C@H](OC(=O)c2ccccc2)[C@]23OC(=O)O[C@H]2[C@H](O)C(C)=C1C3(C)C. The highest BCUT2D eigenvalue weighted by atomic mass is 32.2. The second-order valence-corrected chi connectivity index (χ2v) is 29.5. The van der Waals surface area contributed by atoms with E-state index in [0.717, 1.165) is 23.5 Å². The fourth-order valence-electron chi connectivity index (χ4n) is 17.9. The molecule has 4 saturated carbocycles. The monoisotopic (exact) mass is 1370 g/mol. The maximum absolute atomic E-state index is 15.4. The molecule has 0 unspecified atom stereocenters. The van der Waals surface area contributed by atoms with Gasteiger partial charge in [0.2, 0.25) is 23.1 Å². The van der Waals surface area contributed by atoms with Gasteiger partial charge in [-0.25, -0.2) is 28.8 Å². The number of aliphatic hydroxyl groups excluding tert-OH is 1. The summed E-state index contributed by atoms with van der Waals surface area (Å²) in [5, 5.41) is 10.4. The Hall–Kier alpha value is -7.21. The number of ether oxygens (including phenoxy) is 14. The van der Waals surface area contributed by atoms with Crippen LogP contribution in [-0.2, 0) is 90.3 Å². The zero-order chi connectivity index (χ0) is 69.9. The number of methoxy groups -OCH3 is 2. The molecule has 19 atom stereocenters. The first-order chi connectivity index (χ1) is 45.2. The van der Waals surface area contributed by atoms with Crippen LogP contribution < -0.4 is 0 Å². The highest BCUT2D eigenvalue weighted by Gasteiger charge is 2.85. The van der Waals surface area contributed by atoms with E-state index in [-0.39, 0.29) is 59.5 Å². The number of hydrogen-bond donors (Lipinski definition) is 1. The molecule has 4 heterocycles. The molecule has 96 heavy (non-hydrogen) atoms. The van der Waals surface area contributed by atoms with Crippen molar-refractivity contribution >= 4 is 87.7 Å². The van der Waals surface area contributed by atoms with Crippen molar-refractivity contribution in [2.24, 2.45) is 33.5 Å². The topological polar surface area (TPSA) is 337 Å². The van der Waals surface area contributed by atoms with E-state index in [9.17, 15) is 48.3 Å². The van der Waals surface area contributed by atoms with Crippen LogP contribution in [0.4, 0.5) is 19.2 Å². The van der Waals surface area contributed by atoms with Gasteiger partial charge in [0.15, 0.2) is 53.3 Å². The fraction of sp³-hybridized carbons (Fsp3) is 0.603. The standard InChI is InChI=1S/C34H40O13S.C34H38O13S/c2*1-8-48-30(40)43-23-21-16(2)22(36)26-34(31(21,4)5,47-29(39)45-26)27(44-28(38)18-12-10-9-11-13-18)24-32(6,25(23)37)19(41-7)14-20-33(24,15-42-20)46-17(3)35/h9-13,19-20,22-24,26-27,36H,8,14-15H2,1-7H3;9-13,19-20,23-24,26-27H,8,14-15H2,1-7H3/t19-,20+,22+,23+,24-,26-,27-,32+,33-,34+;19-,20+,23+,24-,26-,27-,32+,33-,34+/m00/s1. The van der Waals surface area contributed by atoms with Crippen molar-refractivity contribution in [1.29, 1.82) is 0 Å². The van der Waals surface area contributed by atoms with E-state index < -0.39 is 187 Å². The van der Waals surface area contributed by atoms with Gasteiger partial charge in [0.1, 0.15) is 18.3 Å². The van der Waals surface area contributed by atoms with Gasteiger partial charge in [0.25, 0.3) is 0 Å². The van der Waals surface area contributed by atoms with E-state index in [1.54, 1.807) is 98.7 Å². The van der Waals surface area contributed by atoms with Gasteiger partial charge in [-0.2, -0.15) is 0 Å². The smallest absolute Gasteiger partial charge is 0.454 e. The molecule has 0 radical (unpaired) electrons. The fourth-order valence-corrected chi connectivity index (χ4v) is 18.7. The summed E-state index contributed by atoms with van der Waals surface area (Å²) in [6.45, 7) is 18.2. The van der Waals surface area contributed by atoms with Crippen LogP contribution in [0.5, 0.6) is 0 Å². The summed E-state index contributed by atoms with van der Waals surface area (Å²) in [7, 11) is 2.81. The van der Waals surface area contributed by atoms with Crippen LogP contribution in [0.3, 0.4) is 0 Å². The molecule has 12 rings (SSSR count). The Morgan fingerprint density at radius 3 is 1.39 bits per heavy atom. The molecule has 6 aliphatic carbocycles. The highest BCUT2D eigenvalue weighted by Crippen LogP contribution is 2.69. The number of thioether (sulfide) groups is 2. The van der Waals surface area contributed by atoms with Gasteiger partial charge in [0.05, 0.1) is 59.2 Å². The second-order valence-electron chi connectivity index (χ2n) is 27.1. The lowest BCUT2D eigenvalue weighted by molar-refractivity contribution is -0.347. The van der Waals surface area contributed by atoms with Gasteiger partial charge < -0.3 is 71.4 Å². The van der Waals surface area contributed by atoms with Crippen LogP contribution in [0.15, 0.2) is 83.0 Å². The molecule has 1 N–H and O–H groups in total. The number of rotatable bonds is 12. The third kappa shape index (κ3) is 10.00. The summed E-state index contributed by atoms with van der Waals surface area (Å²) in [5.41, 5.74) is -13.3. The summed E-state index contributed by atoms with van der Waals surface area (Å²) in [6, 6.07) is 16.1. The van der Waals surface area contributed by atoms with Gasteiger partial charge in [0, 0.05) is 68.8 Å². The molecule has 26 nitrogen and oxygen atoms in total. The second kappa shape index (κ2) is 25.0. The molecule has 518 valence electrons. The van der Waals surface area contributed by atoms with Gasteiger partial charge in [-0.3, -0.25) is 24.0 Å². The Bertz CT molecular complexity index is 3660. The van der Waals surface area contributed by atoms with Crippen molar-refractivity contribution in [2.45, 2.75) is 185 Å². The number of fused-ring (bicyclic) bond motifs is 8. The first kappa shape index (κ1) is 70.1. The Balaban J connectivity index is 0.000000195. The van der Waals surface area contributed by atoms with Crippen LogP contribution >= 0.6 is 23.5 Å². The predicted octanol–water partition coefficient (Wildman–Crippen LogP) is 7.78. The molecule has 2 aromatic rings. The van der Waals surface area contributed by atoms with Crippen LogP contribution in [0, 0.1) is 33.5 Å². The van der Waals surface area contributed by atoms with E-state index in [1.807, 2.05) is 0 Å². The van der Waals surface area contributed by atoms with Crippen LogP contribution in [0.25, 0.3) is 0 Å². The van der Waals surface area contributed by atoms with Gasteiger partial charge in [-0.05, 0) is 92.2 Å². The summed E-state index contributed by atoms with van der Waals surface area (Å²) in [5.74, 6) is -7.15. The van der Waals surface area contributed by atoms with Crippen LogP contribution in [-0.4, -0.2) is 198 Å². The minimum absolute atomic E-state index is 0.0334. The quantitative estimate of drug-likeness (QED) is 0.120. The maximum Gasteiger partial charge on any atom is 0.510 e. The lowest BCUT2D eigenvalue weighted by atomic mass is 9.44. The van der Waals surface area contributed by atoms with Crippen molar-refractivity contribution in [3.8, 4) is 0 Å². The normalized spacial score (nSPS) is 38.4. The molecular formula is C68H78O26S2. The molecule has 10 aliphatic rings. The molecule has 4 aliphatic heterocycles. The minimum atomic E-state index is -2.15. The van der Waals surface area contributed by atoms with E-state index in [0.29, 0.717) is 11.5 Å². The van der Waals surface area contributed by atoms with E-state index in [2.05, 4.69) is 0 Å². The van der Waals surface area contributed by atoms with Crippen LogP contribution in [0.2, 0.25) is 0 Å². The Morgan fingerprint density at radius 1 is 0.573 bits per heavy atom. The number of benzene rings is 2. The third-order valence-electron chi connectivity index (χ3n) is 22.1. The number of carbonyl (C=O) groups excluding carboxylic acids is 11. The van der Waals surface area contributed by atoms with Crippen molar-refractivity contribution in [1.82, 2.24) is 0 Å². The highest BCUT2D eigenvalue weighted by molar-refractivity contribution is 8.13. The zero-order valence-electron chi connectivity index (χ0n) is 55.5. The molecule has 0 aromatic heterocycles. The molecule has 2 aromatic carbocycles. The Kier molecular flexibility index (Phi) is 18.2. The predicted molar refractivity (Wildman–Crippen MR) is 333 cm³/mol.